The lowest BCUT2D eigenvalue weighted by molar-refractivity contribution is 1.02. The van der Waals surface area contributed by atoms with Gasteiger partial charge in [0.05, 0.1) is 22.2 Å². The third-order valence-corrected chi connectivity index (χ3v) is 3.69. The number of rotatable bonds is 1. The summed E-state index contributed by atoms with van der Waals surface area (Å²) in [5.41, 5.74) is 8.52. The number of hydrogen-bond donors (Lipinski definition) is 1. The largest absolute Gasteiger partial charge is 0.383 e. The molecule has 0 spiro atoms. The third-order valence-electron chi connectivity index (χ3n) is 2.63. The zero-order valence-corrected chi connectivity index (χ0v) is 10.8. The zero-order chi connectivity index (χ0) is 12.7. The van der Waals surface area contributed by atoms with Crippen LogP contribution in [-0.2, 0) is 0 Å². The molecule has 90 valence electrons. The van der Waals surface area contributed by atoms with Gasteiger partial charge in [0.2, 0.25) is 0 Å². The number of thiazole rings is 1. The second-order valence-corrected chi connectivity index (χ2v) is 5.01. The Morgan fingerprint density at radius 3 is 2.72 bits per heavy atom. The van der Waals surface area contributed by atoms with Gasteiger partial charge >= 0.3 is 0 Å². The van der Waals surface area contributed by atoms with E-state index < -0.39 is 0 Å². The quantitative estimate of drug-likeness (QED) is 0.724. The monoisotopic (exact) mass is 257 g/mol. The minimum Gasteiger partial charge on any atom is -0.383 e. The summed E-state index contributed by atoms with van der Waals surface area (Å²) < 4.78 is 1.08. The number of pyridine rings is 1. The van der Waals surface area contributed by atoms with E-state index in [-0.39, 0.29) is 0 Å². The fourth-order valence-electron chi connectivity index (χ4n) is 1.89. The van der Waals surface area contributed by atoms with Crippen molar-refractivity contribution in [1.29, 1.82) is 0 Å². The molecule has 2 N–H and O–H groups in total. The van der Waals surface area contributed by atoms with E-state index in [1.165, 1.54) is 0 Å². The van der Waals surface area contributed by atoms with Crippen molar-refractivity contribution in [2.24, 2.45) is 0 Å². The summed E-state index contributed by atoms with van der Waals surface area (Å²) in [5, 5.41) is 0.841. The highest BCUT2D eigenvalue weighted by atomic mass is 32.1. The maximum Gasteiger partial charge on any atom is 0.137 e. The number of anilines is 1. The number of aromatic nitrogens is 4. The third kappa shape index (κ3) is 1.70. The molecular formula is C12H11N5S. The molecule has 0 radical (unpaired) electrons. The minimum absolute atomic E-state index is 0.479. The molecular weight excluding hydrogens is 246 g/mol. The minimum atomic E-state index is 0.479. The zero-order valence-electron chi connectivity index (χ0n) is 10.0. The Morgan fingerprint density at radius 2 is 2.00 bits per heavy atom. The average molecular weight is 257 g/mol. The molecule has 0 aliphatic heterocycles. The molecule has 18 heavy (non-hydrogen) atoms. The standard InChI is InChI=1S/C12H11N5S/c1-6-10(11(13)16-7(2)15-6)12-17-8-5-14-4-3-9(8)18-12/h3-5H,1-2H3,(H2,13,15,16). The summed E-state index contributed by atoms with van der Waals surface area (Å²) in [4.78, 5) is 17.1. The van der Waals surface area contributed by atoms with Gasteiger partial charge in [0.25, 0.3) is 0 Å². The van der Waals surface area contributed by atoms with Gasteiger partial charge in [-0.25, -0.2) is 15.0 Å². The number of nitrogens with zero attached hydrogens (tertiary/aromatic N) is 4. The summed E-state index contributed by atoms with van der Waals surface area (Å²) in [6.45, 7) is 3.75. The maximum absolute atomic E-state index is 5.98. The van der Waals surface area contributed by atoms with E-state index in [0.29, 0.717) is 11.6 Å². The molecule has 0 saturated carbocycles. The Balaban J connectivity index is 2.26. The van der Waals surface area contributed by atoms with Gasteiger partial charge in [0, 0.05) is 6.20 Å². The molecule has 0 aliphatic rings. The predicted molar refractivity (Wildman–Crippen MR) is 72.3 cm³/mol. The lowest BCUT2D eigenvalue weighted by atomic mass is 10.2. The molecule has 5 nitrogen and oxygen atoms in total. The van der Waals surface area contributed by atoms with Crippen molar-refractivity contribution < 1.29 is 0 Å². The van der Waals surface area contributed by atoms with Gasteiger partial charge in [-0.2, -0.15) is 0 Å². The van der Waals surface area contributed by atoms with E-state index in [2.05, 4.69) is 19.9 Å². The van der Waals surface area contributed by atoms with Gasteiger partial charge in [0.15, 0.2) is 0 Å². The molecule has 3 rings (SSSR count). The topological polar surface area (TPSA) is 77.6 Å². The van der Waals surface area contributed by atoms with Crippen LogP contribution in [0.4, 0.5) is 5.82 Å². The van der Waals surface area contributed by atoms with E-state index >= 15 is 0 Å². The van der Waals surface area contributed by atoms with Crippen molar-refractivity contribution in [3.63, 3.8) is 0 Å². The smallest absolute Gasteiger partial charge is 0.137 e. The number of nitrogens with two attached hydrogens (primary N) is 1. The molecule has 0 aliphatic carbocycles. The SMILES string of the molecule is Cc1nc(C)c(-c2nc3cnccc3s2)c(N)n1. The summed E-state index contributed by atoms with van der Waals surface area (Å²) >= 11 is 1.57. The molecule has 6 heteroatoms. The van der Waals surface area contributed by atoms with Crippen LogP contribution >= 0.6 is 11.3 Å². The highest BCUT2D eigenvalue weighted by molar-refractivity contribution is 7.21. The Kier molecular flexibility index (Phi) is 2.45. The van der Waals surface area contributed by atoms with Crippen LogP contribution in [0.3, 0.4) is 0 Å². The van der Waals surface area contributed by atoms with E-state index in [0.717, 1.165) is 26.5 Å². The lowest BCUT2D eigenvalue weighted by Crippen LogP contribution is -2.01. The van der Waals surface area contributed by atoms with E-state index in [1.54, 1.807) is 23.7 Å². The van der Waals surface area contributed by atoms with E-state index in [1.807, 2.05) is 19.9 Å². The summed E-state index contributed by atoms with van der Waals surface area (Å²) in [6, 6.07) is 1.94. The predicted octanol–water partition coefficient (Wildman–Crippen LogP) is 2.35. The highest BCUT2D eigenvalue weighted by Gasteiger charge is 2.14. The molecule has 0 bridgehead atoms. The van der Waals surface area contributed by atoms with Crippen LogP contribution in [0.15, 0.2) is 18.5 Å². The van der Waals surface area contributed by atoms with Gasteiger partial charge in [-0.1, -0.05) is 0 Å². The summed E-state index contributed by atoms with van der Waals surface area (Å²) in [6.07, 6.45) is 3.50. The summed E-state index contributed by atoms with van der Waals surface area (Å²) in [7, 11) is 0. The molecule has 3 heterocycles. The molecule has 3 aromatic rings. The second-order valence-electron chi connectivity index (χ2n) is 3.98. The molecule has 0 fully saturated rings. The van der Waals surface area contributed by atoms with Gasteiger partial charge in [-0.3, -0.25) is 4.98 Å². The molecule has 3 aromatic heterocycles. The van der Waals surface area contributed by atoms with Crippen molar-refractivity contribution in [2.45, 2.75) is 13.8 Å². The fraction of sp³-hybridized carbons (Fsp3) is 0.167. The molecule has 0 atom stereocenters. The first-order valence-corrected chi connectivity index (χ1v) is 6.28. The molecule has 0 saturated heterocycles. The normalized spacial score (nSPS) is 11.0. The van der Waals surface area contributed by atoms with Crippen LogP contribution in [0, 0.1) is 13.8 Å². The van der Waals surface area contributed by atoms with Gasteiger partial charge in [0.1, 0.15) is 22.2 Å². The first-order valence-electron chi connectivity index (χ1n) is 5.47. The van der Waals surface area contributed by atoms with Crippen LogP contribution in [0.25, 0.3) is 20.8 Å². The van der Waals surface area contributed by atoms with Gasteiger partial charge in [-0.05, 0) is 19.9 Å². The first-order chi connectivity index (χ1) is 8.65. The average Bonchev–Trinajstić information content (AvgIpc) is 2.70. The highest BCUT2D eigenvalue weighted by Crippen LogP contribution is 2.33. The summed E-state index contributed by atoms with van der Waals surface area (Å²) in [5.74, 6) is 1.16. The lowest BCUT2D eigenvalue weighted by Gasteiger charge is -2.05. The number of fused-ring (bicyclic) bond motifs is 1. The Hall–Kier alpha value is -2.08. The van der Waals surface area contributed by atoms with Crippen LogP contribution < -0.4 is 5.73 Å². The Morgan fingerprint density at radius 1 is 1.17 bits per heavy atom. The number of nitrogen functional groups attached to an aromatic ring is 1. The van der Waals surface area contributed by atoms with Crippen molar-refractivity contribution in [3.05, 3.63) is 30.0 Å². The van der Waals surface area contributed by atoms with E-state index in [9.17, 15) is 0 Å². The Bertz CT molecular complexity index is 678. The van der Waals surface area contributed by atoms with Gasteiger partial charge in [-0.15, -0.1) is 11.3 Å². The van der Waals surface area contributed by atoms with Crippen LogP contribution in [-0.4, -0.2) is 19.9 Å². The van der Waals surface area contributed by atoms with Crippen LogP contribution in [0.1, 0.15) is 11.5 Å². The van der Waals surface area contributed by atoms with Crippen molar-refractivity contribution in [1.82, 2.24) is 19.9 Å². The van der Waals surface area contributed by atoms with Crippen LogP contribution in [0.5, 0.6) is 0 Å². The molecule has 0 amide bonds. The molecule has 0 unspecified atom stereocenters. The number of aryl methyl sites for hydroxylation is 2. The fourth-order valence-corrected chi connectivity index (χ4v) is 2.93. The van der Waals surface area contributed by atoms with Crippen LogP contribution in [0.2, 0.25) is 0 Å². The van der Waals surface area contributed by atoms with Gasteiger partial charge < -0.3 is 5.73 Å². The first kappa shape index (κ1) is 11.0. The maximum atomic E-state index is 5.98. The van der Waals surface area contributed by atoms with Crippen molar-refractivity contribution >= 4 is 27.4 Å². The van der Waals surface area contributed by atoms with E-state index in [4.69, 9.17) is 5.73 Å². The van der Waals surface area contributed by atoms with Crippen molar-refractivity contribution in [2.75, 3.05) is 5.73 Å². The van der Waals surface area contributed by atoms with Crippen molar-refractivity contribution in [3.8, 4) is 10.6 Å². The molecule has 0 aromatic carbocycles. The Labute approximate surface area is 108 Å². The second kappa shape index (κ2) is 3.99. The number of hydrogen-bond acceptors (Lipinski definition) is 6.